The highest BCUT2D eigenvalue weighted by Gasteiger charge is 2.23. The van der Waals surface area contributed by atoms with Crippen LogP contribution in [0.4, 0.5) is 5.69 Å². The quantitative estimate of drug-likeness (QED) is 0.507. The van der Waals surface area contributed by atoms with Crippen LogP contribution in [0.5, 0.6) is 0 Å². The fourth-order valence-corrected chi connectivity index (χ4v) is 3.46. The number of rotatable bonds is 6. The number of ketones is 1. The number of nitrogens with zero attached hydrogens (tertiary/aromatic N) is 1. The fourth-order valence-electron chi connectivity index (χ4n) is 3.46. The number of unbranched alkanes of at least 4 members (excludes halogenated alkanes) is 2. The van der Waals surface area contributed by atoms with E-state index in [-0.39, 0.29) is 11.7 Å². The minimum Gasteiger partial charge on any atom is -0.308 e. The smallest absolute Gasteiger partial charge is 0.251 e. The van der Waals surface area contributed by atoms with Crippen molar-refractivity contribution in [2.45, 2.75) is 45.4 Å². The predicted octanol–water partition coefficient (Wildman–Crippen LogP) is 5.44. The summed E-state index contributed by atoms with van der Waals surface area (Å²) in [7, 11) is 0. The van der Waals surface area contributed by atoms with Crippen molar-refractivity contribution >= 4 is 23.5 Å². The molecule has 0 bridgehead atoms. The summed E-state index contributed by atoms with van der Waals surface area (Å²) in [6.07, 6.45) is 9.46. The van der Waals surface area contributed by atoms with Crippen LogP contribution in [0.1, 0.15) is 60.5 Å². The van der Waals surface area contributed by atoms with Gasteiger partial charge in [-0.25, -0.2) is 0 Å². The van der Waals surface area contributed by atoms with Gasteiger partial charge in [-0.05, 0) is 48.6 Å². The van der Waals surface area contributed by atoms with Gasteiger partial charge >= 0.3 is 0 Å². The molecule has 0 aliphatic carbocycles. The molecule has 2 aromatic carbocycles. The molecular weight excluding hydrogens is 334 g/mol. The van der Waals surface area contributed by atoms with E-state index in [1.54, 1.807) is 11.0 Å². The Hall–Kier alpha value is -2.68. The van der Waals surface area contributed by atoms with Gasteiger partial charge in [-0.15, -0.1) is 0 Å². The third-order valence-electron chi connectivity index (χ3n) is 5.01. The van der Waals surface area contributed by atoms with Gasteiger partial charge in [0, 0.05) is 24.6 Å². The summed E-state index contributed by atoms with van der Waals surface area (Å²) in [5.74, 6) is 0.0349. The fraction of sp³-hybridized carbons (Fsp3) is 0.333. The summed E-state index contributed by atoms with van der Waals surface area (Å²) < 4.78 is 0. The molecule has 0 spiro atoms. The first kappa shape index (κ1) is 19.1. The molecule has 1 aliphatic heterocycles. The second-order valence-electron chi connectivity index (χ2n) is 7.07. The van der Waals surface area contributed by atoms with Gasteiger partial charge in [-0.3, -0.25) is 9.59 Å². The van der Waals surface area contributed by atoms with Gasteiger partial charge in [-0.1, -0.05) is 56.2 Å². The Morgan fingerprint density at radius 1 is 1.07 bits per heavy atom. The molecule has 0 aromatic heterocycles. The molecule has 3 heteroatoms. The Kier molecular flexibility index (Phi) is 6.59. The Labute approximate surface area is 161 Å². The number of hydrogen-bond donors (Lipinski definition) is 0. The van der Waals surface area contributed by atoms with Crippen molar-refractivity contribution in [3.05, 3.63) is 71.3 Å². The Bertz CT molecular complexity index is 821. The highest BCUT2D eigenvalue weighted by molar-refractivity contribution is 6.10. The maximum atomic E-state index is 12.8. The number of fused-ring (bicyclic) bond motifs is 1. The van der Waals surface area contributed by atoms with Gasteiger partial charge in [-0.2, -0.15) is 0 Å². The molecular formula is C24H27NO2. The van der Waals surface area contributed by atoms with Gasteiger partial charge in [0.1, 0.15) is 0 Å². The van der Waals surface area contributed by atoms with Crippen molar-refractivity contribution in [3.8, 4) is 0 Å². The third-order valence-corrected chi connectivity index (χ3v) is 5.01. The predicted molar refractivity (Wildman–Crippen MR) is 111 cm³/mol. The Morgan fingerprint density at radius 2 is 1.85 bits per heavy atom. The number of Topliss-reactive ketones (excluding diaryl/α,β-unsaturated/α-hetero) is 1. The van der Waals surface area contributed by atoms with Crippen LogP contribution in [-0.2, 0) is 11.2 Å². The molecule has 27 heavy (non-hydrogen) atoms. The molecule has 0 N–H and O–H groups in total. The molecule has 1 aliphatic rings. The largest absolute Gasteiger partial charge is 0.308 e. The van der Waals surface area contributed by atoms with E-state index >= 15 is 0 Å². The molecule has 0 saturated heterocycles. The normalized spacial score (nSPS) is 14.3. The molecule has 140 valence electrons. The van der Waals surface area contributed by atoms with E-state index < -0.39 is 0 Å². The van der Waals surface area contributed by atoms with Crippen LogP contribution in [0.25, 0.3) is 6.08 Å². The zero-order valence-corrected chi connectivity index (χ0v) is 16.0. The summed E-state index contributed by atoms with van der Waals surface area (Å²) in [4.78, 5) is 26.7. The second-order valence-corrected chi connectivity index (χ2v) is 7.07. The molecule has 2 aromatic rings. The second kappa shape index (κ2) is 9.31. The van der Waals surface area contributed by atoms with E-state index in [1.807, 2.05) is 30.3 Å². The van der Waals surface area contributed by atoms with Crippen molar-refractivity contribution in [1.82, 2.24) is 0 Å². The molecule has 0 atom stereocenters. The number of anilines is 1. The number of amides is 1. The van der Waals surface area contributed by atoms with E-state index in [2.05, 4.69) is 31.2 Å². The molecule has 0 fully saturated rings. The molecule has 3 nitrogen and oxygen atoms in total. The third kappa shape index (κ3) is 4.94. The highest BCUT2D eigenvalue weighted by atomic mass is 16.2. The van der Waals surface area contributed by atoms with Crippen LogP contribution < -0.4 is 4.90 Å². The summed E-state index contributed by atoms with van der Waals surface area (Å²) >= 11 is 0. The first-order chi connectivity index (χ1) is 13.2. The van der Waals surface area contributed by atoms with Crippen molar-refractivity contribution in [3.63, 3.8) is 0 Å². The van der Waals surface area contributed by atoms with Crippen molar-refractivity contribution < 1.29 is 9.59 Å². The van der Waals surface area contributed by atoms with E-state index in [0.717, 1.165) is 17.7 Å². The molecule has 0 radical (unpaired) electrons. The minimum absolute atomic E-state index is 0.0795. The number of hydrogen-bond acceptors (Lipinski definition) is 2. The van der Waals surface area contributed by atoms with Crippen molar-refractivity contribution in [2.75, 3.05) is 11.4 Å². The van der Waals surface area contributed by atoms with Gasteiger partial charge in [0.15, 0.2) is 5.78 Å². The molecule has 1 amide bonds. The first-order valence-electron chi connectivity index (χ1n) is 9.90. The van der Waals surface area contributed by atoms with Gasteiger partial charge in [0.2, 0.25) is 0 Å². The lowest BCUT2D eigenvalue weighted by Crippen LogP contribution is -2.30. The highest BCUT2D eigenvalue weighted by Crippen LogP contribution is 2.26. The number of carbonyl (C=O) groups is 2. The van der Waals surface area contributed by atoms with Crippen LogP contribution >= 0.6 is 0 Å². The minimum atomic E-state index is -0.0795. The van der Waals surface area contributed by atoms with Gasteiger partial charge < -0.3 is 4.90 Å². The summed E-state index contributed by atoms with van der Waals surface area (Å²) in [6, 6.07) is 15.8. The average molecular weight is 361 g/mol. The summed E-state index contributed by atoms with van der Waals surface area (Å²) in [5, 5.41) is 0. The topological polar surface area (TPSA) is 37.4 Å². The van der Waals surface area contributed by atoms with E-state index in [0.29, 0.717) is 24.9 Å². The molecule has 0 unspecified atom stereocenters. The van der Waals surface area contributed by atoms with Crippen LogP contribution in [0.2, 0.25) is 0 Å². The van der Waals surface area contributed by atoms with Gasteiger partial charge in [0.05, 0.1) is 5.69 Å². The Balaban J connectivity index is 1.69. The van der Waals surface area contributed by atoms with Crippen LogP contribution in [0.15, 0.2) is 54.6 Å². The maximum absolute atomic E-state index is 12.8. The average Bonchev–Trinajstić information content (AvgIpc) is 2.87. The number of benzene rings is 2. The van der Waals surface area contributed by atoms with Crippen molar-refractivity contribution in [1.29, 1.82) is 0 Å². The standard InChI is InChI=1S/C24H27NO2/c1-2-3-4-8-19-12-14-20(15-13-19)16-17-24(27)25-18-7-11-23(26)21-9-5-6-10-22(21)25/h5-6,9-10,12-17H,2-4,7-8,11,18H2,1H3/b17-16+. The summed E-state index contributed by atoms with van der Waals surface area (Å²) in [6.45, 7) is 2.78. The van der Waals surface area contributed by atoms with Crippen LogP contribution in [0.3, 0.4) is 0 Å². The number of aryl methyl sites for hydroxylation is 1. The van der Waals surface area contributed by atoms with Crippen molar-refractivity contribution in [2.24, 2.45) is 0 Å². The van der Waals surface area contributed by atoms with E-state index in [4.69, 9.17) is 0 Å². The zero-order chi connectivity index (χ0) is 19.1. The Morgan fingerprint density at radius 3 is 2.63 bits per heavy atom. The summed E-state index contributed by atoms with van der Waals surface area (Å²) in [5.41, 5.74) is 3.72. The molecule has 1 heterocycles. The zero-order valence-electron chi connectivity index (χ0n) is 16.0. The van der Waals surface area contributed by atoms with E-state index in [1.165, 1.54) is 24.8 Å². The van der Waals surface area contributed by atoms with E-state index in [9.17, 15) is 9.59 Å². The number of carbonyl (C=O) groups excluding carboxylic acids is 2. The van der Waals surface area contributed by atoms with Gasteiger partial charge in [0.25, 0.3) is 5.91 Å². The lowest BCUT2D eigenvalue weighted by molar-refractivity contribution is -0.114. The first-order valence-corrected chi connectivity index (χ1v) is 9.90. The number of para-hydroxylation sites is 1. The van der Waals surface area contributed by atoms with Crippen LogP contribution in [0, 0.1) is 0 Å². The SMILES string of the molecule is CCCCCc1ccc(/C=C/C(=O)N2CCCC(=O)c3ccccc32)cc1. The molecule has 0 saturated carbocycles. The van der Waals surface area contributed by atoms with Crippen LogP contribution in [-0.4, -0.2) is 18.2 Å². The lowest BCUT2D eigenvalue weighted by Gasteiger charge is -2.20. The molecule has 3 rings (SSSR count). The maximum Gasteiger partial charge on any atom is 0.251 e. The monoisotopic (exact) mass is 361 g/mol. The lowest BCUT2D eigenvalue weighted by atomic mass is 10.1.